The van der Waals surface area contributed by atoms with Crippen LogP contribution < -0.4 is 14.8 Å². The minimum atomic E-state index is -1.16. The number of carbonyl (C=O) groups is 1. The number of hydrogen-bond donors (Lipinski definition) is 3. The average molecular weight is 269 g/mol. The number of benzene rings is 1. The number of aliphatic hydroxyl groups excluding tert-OH is 2. The molecule has 0 saturated carbocycles. The third-order valence-electron chi connectivity index (χ3n) is 2.68. The molecule has 0 aliphatic carbocycles. The molecular weight excluding hydrogens is 250 g/mol. The van der Waals surface area contributed by atoms with E-state index in [1.165, 1.54) is 21.1 Å². The molecule has 19 heavy (non-hydrogen) atoms. The molecule has 0 fully saturated rings. The molecule has 0 saturated heterocycles. The third-order valence-corrected chi connectivity index (χ3v) is 2.68. The first-order valence-electron chi connectivity index (χ1n) is 5.82. The summed E-state index contributed by atoms with van der Waals surface area (Å²) < 4.78 is 10.2. The SMILES string of the molecule is COc1ccc(C(O)C(O)CNC(C)=O)c(OC)c1. The van der Waals surface area contributed by atoms with Crippen LogP contribution in [0.25, 0.3) is 0 Å². The van der Waals surface area contributed by atoms with Crippen molar-refractivity contribution in [3.8, 4) is 11.5 Å². The molecule has 1 rings (SSSR count). The number of hydrogen-bond acceptors (Lipinski definition) is 5. The van der Waals surface area contributed by atoms with Crippen molar-refractivity contribution in [1.82, 2.24) is 5.32 Å². The summed E-state index contributed by atoms with van der Waals surface area (Å²) in [6.07, 6.45) is -2.28. The van der Waals surface area contributed by atoms with E-state index in [0.717, 1.165) is 0 Å². The molecule has 0 heterocycles. The fourth-order valence-electron chi connectivity index (χ4n) is 1.63. The zero-order chi connectivity index (χ0) is 14.4. The third kappa shape index (κ3) is 4.11. The number of carbonyl (C=O) groups excluding carboxylic acids is 1. The predicted molar refractivity (Wildman–Crippen MR) is 69.2 cm³/mol. The van der Waals surface area contributed by atoms with E-state index >= 15 is 0 Å². The zero-order valence-electron chi connectivity index (χ0n) is 11.2. The van der Waals surface area contributed by atoms with Crippen LogP contribution in [-0.2, 0) is 4.79 Å². The van der Waals surface area contributed by atoms with Crippen molar-refractivity contribution in [3.63, 3.8) is 0 Å². The number of nitrogens with one attached hydrogen (secondary N) is 1. The Morgan fingerprint density at radius 2 is 2.00 bits per heavy atom. The first-order valence-corrected chi connectivity index (χ1v) is 5.82. The van der Waals surface area contributed by atoms with Gasteiger partial charge in [-0.05, 0) is 12.1 Å². The van der Waals surface area contributed by atoms with Gasteiger partial charge in [-0.15, -0.1) is 0 Å². The van der Waals surface area contributed by atoms with E-state index < -0.39 is 12.2 Å². The molecule has 2 unspecified atom stereocenters. The molecule has 6 heteroatoms. The van der Waals surface area contributed by atoms with E-state index in [2.05, 4.69) is 5.32 Å². The molecule has 0 radical (unpaired) electrons. The van der Waals surface area contributed by atoms with Gasteiger partial charge in [0.15, 0.2) is 0 Å². The monoisotopic (exact) mass is 269 g/mol. The second-order valence-corrected chi connectivity index (χ2v) is 4.06. The first-order chi connectivity index (χ1) is 8.99. The summed E-state index contributed by atoms with van der Waals surface area (Å²) in [5.41, 5.74) is 0.432. The van der Waals surface area contributed by atoms with Gasteiger partial charge in [0.1, 0.15) is 23.7 Å². The summed E-state index contributed by atoms with van der Waals surface area (Å²) in [5.74, 6) is 0.728. The number of ether oxygens (including phenoxy) is 2. The molecule has 0 aliphatic heterocycles. The number of methoxy groups -OCH3 is 2. The van der Waals surface area contributed by atoms with Crippen LogP contribution in [0, 0.1) is 0 Å². The van der Waals surface area contributed by atoms with Gasteiger partial charge < -0.3 is 25.0 Å². The van der Waals surface area contributed by atoms with Crippen LogP contribution in [0.1, 0.15) is 18.6 Å². The highest BCUT2D eigenvalue weighted by Crippen LogP contribution is 2.30. The van der Waals surface area contributed by atoms with Crippen molar-refractivity contribution in [2.45, 2.75) is 19.1 Å². The summed E-state index contributed by atoms with van der Waals surface area (Å²) in [6.45, 7) is 1.30. The van der Waals surface area contributed by atoms with Gasteiger partial charge in [-0.1, -0.05) is 0 Å². The molecule has 1 aromatic carbocycles. The molecule has 0 aromatic heterocycles. The average Bonchev–Trinajstić information content (AvgIpc) is 2.42. The standard InChI is InChI=1S/C13H19NO5/c1-8(15)14-7-11(16)13(17)10-5-4-9(18-2)6-12(10)19-3/h4-6,11,13,16-17H,7H2,1-3H3,(H,14,15). The Labute approximate surface area is 112 Å². The van der Waals surface area contributed by atoms with Gasteiger partial charge in [-0.3, -0.25) is 4.79 Å². The van der Waals surface area contributed by atoms with E-state index in [1.54, 1.807) is 18.2 Å². The summed E-state index contributed by atoms with van der Waals surface area (Å²) >= 11 is 0. The van der Waals surface area contributed by atoms with E-state index in [9.17, 15) is 15.0 Å². The van der Waals surface area contributed by atoms with Gasteiger partial charge in [0.2, 0.25) is 5.91 Å². The molecule has 106 valence electrons. The maximum atomic E-state index is 10.8. The lowest BCUT2D eigenvalue weighted by Gasteiger charge is -2.20. The van der Waals surface area contributed by atoms with E-state index in [1.807, 2.05) is 0 Å². The zero-order valence-corrected chi connectivity index (χ0v) is 11.2. The van der Waals surface area contributed by atoms with Crippen molar-refractivity contribution in [2.24, 2.45) is 0 Å². The molecular formula is C13H19NO5. The van der Waals surface area contributed by atoms with E-state index in [4.69, 9.17) is 9.47 Å². The van der Waals surface area contributed by atoms with Crippen molar-refractivity contribution in [3.05, 3.63) is 23.8 Å². The van der Waals surface area contributed by atoms with Gasteiger partial charge in [0, 0.05) is 25.1 Å². The molecule has 1 amide bonds. The maximum Gasteiger partial charge on any atom is 0.216 e. The van der Waals surface area contributed by atoms with Gasteiger partial charge in [-0.25, -0.2) is 0 Å². The molecule has 0 aliphatic rings. The first kappa shape index (κ1) is 15.3. The summed E-state index contributed by atoms with van der Waals surface area (Å²) in [6, 6.07) is 4.88. The lowest BCUT2D eigenvalue weighted by atomic mass is 10.0. The lowest BCUT2D eigenvalue weighted by Crippen LogP contribution is -2.34. The Hall–Kier alpha value is -1.79. The van der Waals surface area contributed by atoms with Crippen molar-refractivity contribution < 1.29 is 24.5 Å². The molecule has 2 atom stereocenters. The highest BCUT2D eigenvalue weighted by atomic mass is 16.5. The Balaban J connectivity index is 2.85. The summed E-state index contributed by atoms with van der Waals surface area (Å²) in [5, 5.41) is 22.3. The van der Waals surface area contributed by atoms with Crippen molar-refractivity contribution >= 4 is 5.91 Å². The highest BCUT2D eigenvalue weighted by Gasteiger charge is 2.22. The van der Waals surface area contributed by atoms with Gasteiger partial charge in [-0.2, -0.15) is 0 Å². The quantitative estimate of drug-likeness (QED) is 0.688. The number of amides is 1. The second kappa shape index (κ2) is 6.96. The fraction of sp³-hybridized carbons (Fsp3) is 0.462. The smallest absolute Gasteiger partial charge is 0.216 e. The van der Waals surface area contributed by atoms with Crippen LogP contribution in [0.15, 0.2) is 18.2 Å². The lowest BCUT2D eigenvalue weighted by molar-refractivity contribution is -0.119. The van der Waals surface area contributed by atoms with Crippen molar-refractivity contribution in [2.75, 3.05) is 20.8 Å². The highest BCUT2D eigenvalue weighted by molar-refractivity contribution is 5.72. The minimum absolute atomic E-state index is 0.0360. The summed E-state index contributed by atoms with van der Waals surface area (Å²) in [7, 11) is 2.99. The Morgan fingerprint density at radius 3 is 2.53 bits per heavy atom. The Kier molecular flexibility index (Phi) is 5.59. The fourth-order valence-corrected chi connectivity index (χ4v) is 1.63. The minimum Gasteiger partial charge on any atom is -0.497 e. The van der Waals surface area contributed by atoms with Gasteiger partial charge in [0.05, 0.1) is 14.2 Å². The van der Waals surface area contributed by atoms with Crippen LogP contribution in [0.5, 0.6) is 11.5 Å². The summed E-state index contributed by atoms with van der Waals surface area (Å²) in [4.78, 5) is 10.8. The van der Waals surface area contributed by atoms with Crippen molar-refractivity contribution in [1.29, 1.82) is 0 Å². The van der Waals surface area contributed by atoms with Crippen LogP contribution in [0.3, 0.4) is 0 Å². The Morgan fingerprint density at radius 1 is 1.32 bits per heavy atom. The van der Waals surface area contributed by atoms with Crippen LogP contribution in [0.2, 0.25) is 0 Å². The molecule has 1 aromatic rings. The second-order valence-electron chi connectivity index (χ2n) is 4.06. The van der Waals surface area contributed by atoms with E-state index in [-0.39, 0.29) is 12.5 Å². The molecule has 3 N–H and O–H groups in total. The predicted octanol–water partition coefficient (Wildman–Crippen LogP) is 0.234. The number of rotatable bonds is 6. The van der Waals surface area contributed by atoms with E-state index in [0.29, 0.717) is 17.1 Å². The largest absolute Gasteiger partial charge is 0.497 e. The van der Waals surface area contributed by atoms with Gasteiger partial charge >= 0.3 is 0 Å². The molecule has 0 bridgehead atoms. The molecule has 0 spiro atoms. The van der Waals surface area contributed by atoms with Crippen LogP contribution >= 0.6 is 0 Å². The Bertz CT molecular complexity index is 435. The van der Waals surface area contributed by atoms with Gasteiger partial charge in [0.25, 0.3) is 0 Å². The topological polar surface area (TPSA) is 88.0 Å². The number of aliphatic hydroxyl groups is 2. The maximum absolute atomic E-state index is 10.8. The van der Waals surface area contributed by atoms with Crippen LogP contribution in [-0.4, -0.2) is 43.0 Å². The van der Waals surface area contributed by atoms with Crippen LogP contribution in [0.4, 0.5) is 0 Å². The molecule has 6 nitrogen and oxygen atoms in total. The normalized spacial score (nSPS) is 13.5.